The van der Waals surface area contributed by atoms with Gasteiger partial charge in [0.1, 0.15) is 12.1 Å². The van der Waals surface area contributed by atoms with Gasteiger partial charge in [-0.25, -0.2) is 9.97 Å². The molecule has 0 aliphatic carbocycles. The third-order valence-electron chi connectivity index (χ3n) is 2.08. The van der Waals surface area contributed by atoms with Crippen LogP contribution in [0.25, 0.3) is 0 Å². The van der Waals surface area contributed by atoms with Crippen molar-refractivity contribution in [1.29, 1.82) is 0 Å². The predicted molar refractivity (Wildman–Crippen MR) is 65.7 cm³/mol. The zero-order valence-electron chi connectivity index (χ0n) is 9.52. The molecule has 0 radical (unpaired) electrons. The molecule has 16 heavy (non-hydrogen) atoms. The van der Waals surface area contributed by atoms with Crippen LogP contribution in [0.5, 0.6) is 0 Å². The van der Waals surface area contributed by atoms with Gasteiger partial charge in [0, 0.05) is 33.5 Å². The molecule has 0 saturated heterocycles. The lowest BCUT2D eigenvalue weighted by atomic mass is 10.4. The molecule has 1 aromatic heterocycles. The number of aromatic nitrogens is 2. The lowest BCUT2D eigenvalue weighted by Crippen LogP contribution is -2.31. The fourth-order valence-electron chi connectivity index (χ4n) is 1.27. The molecule has 1 rings (SSSR count). The summed E-state index contributed by atoms with van der Waals surface area (Å²) in [6, 6.07) is 0. The molecule has 0 bridgehead atoms. The summed E-state index contributed by atoms with van der Waals surface area (Å²) in [6.07, 6.45) is 3.27. The smallest absolute Gasteiger partial charge is 0.146 e. The molecule has 0 aliphatic heterocycles. The Bertz CT molecular complexity index is 304. The van der Waals surface area contributed by atoms with Crippen LogP contribution in [0.2, 0.25) is 0 Å². The molecule has 0 aromatic carbocycles. The Labute approximate surface area is 104 Å². The van der Waals surface area contributed by atoms with E-state index >= 15 is 0 Å². The Balaban J connectivity index is 2.70. The third kappa shape index (κ3) is 4.03. The van der Waals surface area contributed by atoms with Crippen molar-refractivity contribution in [3.63, 3.8) is 0 Å². The molecule has 0 saturated carbocycles. The minimum atomic E-state index is 0.653. The van der Waals surface area contributed by atoms with Crippen molar-refractivity contribution in [2.24, 2.45) is 0 Å². The Hall–Kier alpha value is -0.720. The second-order valence-electron chi connectivity index (χ2n) is 3.17. The summed E-state index contributed by atoms with van der Waals surface area (Å²) in [4.78, 5) is 10.3. The Kier molecular flexibility index (Phi) is 6.29. The molecule has 0 fully saturated rings. The van der Waals surface area contributed by atoms with Crippen molar-refractivity contribution in [2.45, 2.75) is 0 Å². The number of anilines is 1. The van der Waals surface area contributed by atoms with Gasteiger partial charge in [0.2, 0.25) is 0 Å². The second-order valence-corrected chi connectivity index (χ2v) is 4.02. The molecule has 6 heteroatoms. The van der Waals surface area contributed by atoms with Gasteiger partial charge in [-0.2, -0.15) is 0 Å². The SMILES string of the molecule is COCCN(CCOC)c1ncncc1Br. The zero-order chi connectivity index (χ0) is 11.8. The lowest BCUT2D eigenvalue weighted by molar-refractivity contribution is 0.190. The fraction of sp³-hybridized carbons (Fsp3) is 0.600. The highest BCUT2D eigenvalue weighted by atomic mass is 79.9. The minimum Gasteiger partial charge on any atom is -0.383 e. The highest BCUT2D eigenvalue weighted by Crippen LogP contribution is 2.21. The van der Waals surface area contributed by atoms with E-state index in [4.69, 9.17) is 9.47 Å². The van der Waals surface area contributed by atoms with Crippen molar-refractivity contribution >= 4 is 21.7 Å². The van der Waals surface area contributed by atoms with E-state index in [1.165, 1.54) is 6.33 Å². The molecule has 90 valence electrons. The van der Waals surface area contributed by atoms with E-state index in [9.17, 15) is 0 Å². The standard InChI is InChI=1S/C10H16BrN3O2/c1-15-5-3-14(4-6-16-2)10-9(11)7-12-8-13-10/h7-8H,3-6H2,1-2H3. The first-order valence-electron chi connectivity index (χ1n) is 4.98. The number of hydrogen-bond acceptors (Lipinski definition) is 5. The van der Waals surface area contributed by atoms with Crippen LogP contribution in [-0.4, -0.2) is 50.5 Å². The molecule has 1 heterocycles. The topological polar surface area (TPSA) is 47.5 Å². The maximum Gasteiger partial charge on any atom is 0.146 e. The van der Waals surface area contributed by atoms with E-state index in [1.54, 1.807) is 20.4 Å². The van der Waals surface area contributed by atoms with Crippen LogP contribution in [0.3, 0.4) is 0 Å². The Morgan fingerprint density at radius 2 is 1.88 bits per heavy atom. The van der Waals surface area contributed by atoms with Gasteiger partial charge in [0.25, 0.3) is 0 Å². The predicted octanol–water partition coefficient (Wildman–Crippen LogP) is 1.34. The van der Waals surface area contributed by atoms with Gasteiger partial charge in [-0.3, -0.25) is 0 Å². The monoisotopic (exact) mass is 289 g/mol. The van der Waals surface area contributed by atoms with Gasteiger partial charge >= 0.3 is 0 Å². The fourth-order valence-corrected chi connectivity index (χ4v) is 1.74. The summed E-state index contributed by atoms with van der Waals surface area (Å²) in [5.74, 6) is 0.865. The van der Waals surface area contributed by atoms with Gasteiger partial charge in [0.15, 0.2) is 0 Å². The molecule has 5 nitrogen and oxygen atoms in total. The first-order chi connectivity index (χ1) is 7.79. The molecular weight excluding hydrogens is 274 g/mol. The van der Waals surface area contributed by atoms with Crippen molar-refractivity contribution in [2.75, 3.05) is 45.4 Å². The lowest BCUT2D eigenvalue weighted by Gasteiger charge is -2.23. The summed E-state index contributed by atoms with van der Waals surface area (Å²) in [5, 5.41) is 0. The van der Waals surface area contributed by atoms with E-state index in [0.717, 1.165) is 23.4 Å². The van der Waals surface area contributed by atoms with Crippen LogP contribution in [0, 0.1) is 0 Å². The summed E-state index contributed by atoms with van der Waals surface area (Å²) in [7, 11) is 3.37. The van der Waals surface area contributed by atoms with E-state index in [1.807, 2.05) is 0 Å². The van der Waals surface area contributed by atoms with Crippen LogP contribution in [0.4, 0.5) is 5.82 Å². The largest absolute Gasteiger partial charge is 0.383 e. The molecule has 0 atom stereocenters. The molecular formula is C10H16BrN3O2. The van der Waals surface area contributed by atoms with Crippen molar-refractivity contribution in [3.8, 4) is 0 Å². The normalized spacial score (nSPS) is 10.4. The summed E-state index contributed by atoms with van der Waals surface area (Å²) in [6.45, 7) is 2.85. The van der Waals surface area contributed by atoms with Gasteiger partial charge in [-0.05, 0) is 15.9 Å². The van der Waals surface area contributed by atoms with Gasteiger partial charge in [0.05, 0.1) is 17.7 Å². The van der Waals surface area contributed by atoms with Crippen molar-refractivity contribution in [3.05, 3.63) is 17.0 Å². The summed E-state index contributed by atoms with van der Waals surface area (Å²) in [5.41, 5.74) is 0. The van der Waals surface area contributed by atoms with Crippen LogP contribution in [-0.2, 0) is 9.47 Å². The van der Waals surface area contributed by atoms with Gasteiger partial charge < -0.3 is 14.4 Å². The average molecular weight is 290 g/mol. The summed E-state index contributed by atoms with van der Waals surface area (Å²) >= 11 is 3.43. The number of nitrogens with zero attached hydrogens (tertiary/aromatic N) is 3. The number of ether oxygens (including phenoxy) is 2. The van der Waals surface area contributed by atoms with E-state index in [-0.39, 0.29) is 0 Å². The molecule has 0 N–H and O–H groups in total. The molecule has 1 aromatic rings. The van der Waals surface area contributed by atoms with Crippen molar-refractivity contribution in [1.82, 2.24) is 9.97 Å². The highest BCUT2D eigenvalue weighted by molar-refractivity contribution is 9.10. The molecule has 0 spiro atoms. The zero-order valence-corrected chi connectivity index (χ0v) is 11.1. The number of halogens is 1. The van der Waals surface area contributed by atoms with Crippen LogP contribution in [0.15, 0.2) is 17.0 Å². The third-order valence-corrected chi connectivity index (χ3v) is 2.64. The Morgan fingerprint density at radius 3 is 2.38 bits per heavy atom. The molecule has 0 unspecified atom stereocenters. The van der Waals surface area contributed by atoms with E-state index < -0.39 is 0 Å². The van der Waals surface area contributed by atoms with Gasteiger partial charge in [-0.1, -0.05) is 0 Å². The van der Waals surface area contributed by atoms with Gasteiger partial charge in [-0.15, -0.1) is 0 Å². The molecule has 0 aliphatic rings. The number of hydrogen-bond donors (Lipinski definition) is 0. The maximum absolute atomic E-state index is 5.07. The molecule has 0 amide bonds. The highest BCUT2D eigenvalue weighted by Gasteiger charge is 2.10. The first kappa shape index (κ1) is 13.3. The maximum atomic E-state index is 5.07. The first-order valence-corrected chi connectivity index (χ1v) is 5.77. The average Bonchev–Trinajstić information content (AvgIpc) is 2.31. The summed E-state index contributed by atoms with van der Waals surface area (Å²) < 4.78 is 11.0. The number of methoxy groups -OCH3 is 2. The van der Waals surface area contributed by atoms with Crippen LogP contribution < -0.4 is 4.90 Å². The quantitative estimate of drug-likeness (QED) is 0.758. The Morgan fingerprint density at radius 1 is 1.25 bits per heavy atom. The second kappa shape index (κ2) is 7.54. The van der Waals surface area contributed by atoms with E-state index in [0.29, 0.717) is 13.2 Å². The van der Waals surface area contributed by atoms with Crippen molar-refractivity contribution < 1.29 is 9.47 Å². The van der Waals surface area contributed by atoms with E-state index in [2.05, 4.69) is 30.8 Å². The minimum absolute atomic E-state index is 0.653. The van der Waals surface area contributed by atoms with Crippen LogP contribution in [0.1, 0.15) is 0 Å². The van der Waals surface area contributed by atoms with Crippen LogP contribution >= 0.6 is 15.9 Å². The number of rotatable bonds is 7.